The predicted octanol–water partition coefficient (Wildman–Crippen LogP) is 5.86. The monoisotopic (exact) mass is 382 g/mol. The summed E-state index contributed by atoms with van der Waals surface area (Å²) < 4.78 is 14.5. The molecule has 2 rings (SSSR count). The normalized spacial score (nSPS) is 11.9. The molecule has 0 spiro atoms. The second-order valence-corrected chi connectivity index (χ2v) is 7.97. The smallest absolute Gasteiger partial charge is 0.247 e. The van der Waals surface area contributed by atoms with Gasteiger partial charge in [0, 0.05) is 17.7 Å². The van der Waals surface area contributed by atoms with Crippen molar-refractivity contribution in [1.82, 2.24) is 5.32 Å². The lowest BCUT2D eigenvalue weighted by Crippen LogP contribution is -2.30. The Morgan fingerprint density at radius 2 is 1.68 bits per heavy atom. The van der Waals surface area contributed by atoms with Crippen molar-refractivity contribution in [3.63, 3.8) is 0 Å². The number of halogens is 1. The van der Waals surface area contributed by atoms with Crippen LogP contribution in [-0.4, -0.2) is 18.0 Å². The highest BCUT2D eigenvalue weighted by molar-refractivity contribution is 5.97. The summed E-state index contributed by atoms with van der Waals surface area (Å²) in [6, 6.07) is 9.67. The highest BCUT2D eigenvalue weighted by Gasteiger charge is 2.11. The fraction of sp³-hybridized carbons (Fsp3) is 0.375. The Morgan fingerprint density at radius 3 is 2.25 bits per heavy atom. The Bertz CT molecular complexity index is 898. The summed E-state index contributed by atoms with van der Waals surface area (Å²) in [7, 11) is 0. The van der Waals surface area contributed by atoms with Crippen LogP contribution < -0.4 is 10.6 Å². The maximum Gasteiger partial charge on any atom is 0.247 e. The van der Waals surface area contributed by atoms with E-state index in [9.17, 15) is 9.18 Å². The van der Waals surface area contributed by atoms with E-state index in [1.165, 1.54) is 0 Å². The molecule has 0 heterocycles. The number of carbonyl (C=O) groups is 1. The molecule has 0 aromatic heterocycles. The number of benzene rings is 2. The molecular weight excluding hydrogens is 351 g/mol. The zero-order valence-corrected chi connectivity index (χ0v) is 17.9. The van der Waals surface area contributed by atoms with Crippen LogP contribution >= 0.6 is 0 Å². The molecule has 0 radical (unpaired) electrons. The Balaban J connectivity index is 2.36. The van der Waals surface area contributed by atoms with Gasteiger partial charge in [0.25, 0.3) is 0 Å². The number of hydrogen-bond donors (Lipinski definition) is 2. The number of aryl methyl sites for hydroxylation is 2. The molecule has 0 saturated carbocycles. The molecule has 3 nitrogen and oxygen atoms in total. The first-order chi connectivity index (χ1) is 13.1. The topological polar surface area (TPSA) is 41.1 Å². The van der Waals surface area contributed by atoms with Gasteiger partial charge in [-0.1, -0.05) is 18.2 Å². The van der Waals surface area contributed by atoms with Crippen molar-refractivity contribution in [3.05, 3.63) is 58.4 Å². The highest BCUT2D eigenvalue weighted by atomic mass is 19.1. The van der Waals surface area contributed by atoms with E-state index >= 15 is 0 Å². The van der Waals surface area contributed by atoms with Crippen LogP contribution in [0.1, 0.15) is 51.3 Å². The van der Waals surface area contributed by atoms with Gasteiger partial charge in [0.1, 0.15) is 5.82 Å². The fourth-order valence-corrected chi connectivity index (χ4v) is 3.09. The van der Waals surface area contributed by atoms with Crippen LogP contribution in [0.5, 0.6) is 0 Å². The summed E-state index contributed by atoms with van der Waals surface area (Å²) >= 11 is 0. The first-order valence-electron chi connectivity index (χ1n) is 9.75. The average molecular weight is 383 g/mol. The summed E-state index contributed by atoms with van der Waals surface area (Å²) in [4.78, 5) is 12.2. The van der Waals surface area contributed by atoms with Gasteiger partial charge in [-0.15, -0.1) is 0 Å². The largest absolute Gasteiger partial charge is 0.381 e. The molecule has 0 unspecified atom stereocenters. The van der Waals surface area contributed by atoms with Crippen molar-refractivity contribution in [1.29, 1.82) is 0 Å². The molecule has 1 amide bonds. The molecule has 0 aliphatic carbocycles. The summed E-state index contributed by atoms with van der Waals surface area (Å²) in [5.74, 6) is -0.320. The minimum absolute atomic E-state index is 0.0635. The number of carbonyl (C=O) groups excluding carboxylic acids is 1. The number of nitrogens with one attached hydrogen (secondary N) is 2. The standard InChI is InChI=1S/C24H31FN2O/c1-14(2)26-23-9-8-19(13-22(23)25)21-12-16(5)20(10-17(21)6)11-18(7)24(28)27-15(3)4/h8-15,26H,1-7H3,(H,27,28)/b18-11+. The number of anilines is 1. The SMILES string of the molecule is C/C(=C\c1cc(C)c(-c2ccc(NC(C)C)c(F)c2)cc1C)C(=O)NC(C)C. The lowest BCUT2D eigenvalue weighted by atomic mass is 9.94. The maximum atomic E-state index is 14.5. The zero-order valence-electron chi connectivity index (χ0n) is 17.9. The number of hydrogen-bond acceptors (Lipinski definition) is 2. The first kappa shape index (κ1) is 21.7. The van der Waals surface area contributed by atoms with Gasteiger partial charge in [-0.05, 0) is 94.5 Å². The van der Waals surface area contributed by atoms with Crippen molar-refractivity contribution >= 4 is 17.7 Å². The molecule has 2 aromatic rings. The molecule has 150 valence electrons. The maximum absolute atomic E-state index is 14.5. The third-order valence-corrected chi connectivity index (χ3v) is 4.49. The third-order valence-electron chi connectivity index (χ3n) is 4.49. The van der Waals surface area contributed by atoms with Gasteiger partial charge >= 0.3 is 0 Å². The first-order valence-corrected chi connectivity index (χ1v) is 9.75. The second kappa shape index (κ2) is 9.05. The third kappa shape index (κ3) is 5.44. The van der Waals surface area contributed by atoms with E-state index in [0.29, 0.717) is 11.3 Å². The Kier molecular flexibility index (Phi) is 7.00. The van der Waals surface area contributed by atoms with E-state index in [-0.39, 0.29) is 23.8 Å². The van der Waals surface area contributed by atoms with Crippen LogP contribution in [0.3, 0.4) is 0 Å². The van der Waals surface area contributed by atoms with Gasteiger partial charge in [0.2, 0.25) is 5.91 Å². The van der Waals surface area contributed by atoms with Crippen molar-refractivity contribution in [3.8, 4) is 11.1 Å². The molecule has 0 saturated heterocycles. The summed E-state index contributed by atoms with van der Waals surface area (Å²) in [5, 5.41) is 6.02. The minimum atomic E-state index is -0.256. The summed E-state index contributed by atoms with van der Waals surface area (Å²) in [5.41, 5.74) is 6.10. The Hall–Kier alpha value is -2.62. The van der Waals surface area contributed by atoms with Crippen molar-refractivity contribution < 1.29 is 9.18 Å². The Labute approximate surface area is 168 Å². The molecule has 2 aromatic carbocycles. The van der Waals surface area contributed by atoms with E-state index in [1.54, 1.807) is 12.1 Å². The molecule has 0 fully saturated rings. The average Bonchev–Trinajstić information content (AvgIpc) is 2.58. The van der Waals surface area contributed by atoms with Crippen LogP contribution in [0.15, 0.2) is 35.9 Å². The van der Waals surface area contributed by atoms with Gasteiger partial charge in [0.05, 0.1) is 5.69 Å². The zero-order chi connectivity index (χ0) is 21.0. The van der Waals surface area contributed by atoms with Gasteiger partial charge in [-0.25, -0.2) is 4.39 Å². The van der Waals surface area contributed by atoms with Gasteiger partial charge in [-0.3, -0.25) is 4.79 Å². The fourth-order valence-electron chi connectivity index (χ4n) is 3.09. The van der Waals surface area contributed by atoms with E-state index in [0.717, 1.165) is 27.8 Å². The summed E-state index contributed by atoms with van der Waals surface area (Å²) in [6.45, 7) is 13.7. The van der Waals surface area contributed by atoms with E-state index in [1.807, 2.05) is 60.6 Å². The van der Waals surface area contributed by atoms with E-state index in [4.69, 9.17) is 0 Å². The molecule has 0 bridgehead atoms. The van der Waals surface area contributed by atoms with Crippen molar-refractivity contribution in [2.75, 3.05) is 5.32 Å². The lowest BCUT2D eigenvalue weighted by Gasteiger charge is -2.15. The molecule has 0 atom stereocenters. The Morgan fingerprint density at radius 1 is 1.00 bits per heavy atom. The van der Waals surface area contributed by atoms with Crippen LogP contribution in [-0.2, 0) is 4.79 Å². The molecular formula is C24H31FN2O. The molecule has 28 heavy (non-hydrogen) atoms. The summed E-state index contributed by atoms with van der Waals surface area (Å²) in [6.07, 6.45) is 1.90. The predicted molar refractivity (Wildman–Crippen MR) is 117 cm³/mol. The van der Waals surface area contributed by atoms with E-state index in [2.05, 4.69) is 22.8 Å². The molecule has 4 heteroatoms. The van der Waals surface area contributed by atoms with Gasteiger partial charge in [0.15, 0.2) is 0 Å². The lowest BCUT2D eigenvalue weighted by molar-refractivity contribution is -0.117. The van der Waals surface area contributed by atoms with Crippen LogP contribution in [0.4, 0.5) is 10.1 Å². The number of rotatable bonds is 6. The minimum Gasteiger partial charge on any atom is -0.381 e. The number of amides is 1. The second-order valence-electron chi connectivity index (χ2n) is 7.97. The quantitative estimate of drug-likeness (QED) is 0.615. The van der Waals surface area contributed by atoms with E-state index < -0.39 is 0 Å². The molecule has 0 aliphatic rings. The van der Waals surface area contributed by atoms with Gasteiger partial charge < -0.3 is 10.6 Å². The van der Waals surface area contributed by atoms with Crippen LogP contribution in [0.2, 0.25) is 0 Å². The van der Waals surface area contributed by atoms with Crippen molar-refractivity contribution in [2.45, 2.75) is 60.5 Å². The van der Waals surface area contributed by atoms with Crippen LogP contribution in [0.25, 0.3) is 17.2 Å². The molecule has 0 aliphatic heterocycles. The van der Waals surface area contributed by atoms with Crippen molar-refractivity contribution in [2.24, 2.45) is 0 Å². The van der Waals surface area contributed by atoms with Gasteiger partial charge in [-0.2, -0.15) is 0 Å². The van der Waals surface area contributed by atoms with Crippen LogP contribution in [0, 0.1) is 19.7 Å². The molecule has 2 N–H and O–H groups in total. The highest BCUT2D eigenvalue weighted by Crippen LogP contribution is 2.30.